The summed E-state index contributed by atoms with van der Waals surface area (Å²) in [5.74, 6) is -1.95. The summed E-state index contributed by atoms with van der Waals surface area (Å²) in [5.41, 5.74) is 12.3. The standard InChI is InChI=1S/C16H18N6O.C3H9N.C2HF3O2/c1-2-8-18-14-12-7-9-19-15(12)22-16(21-14)20-11-5-3-10(4-6-11)13(17)23;1-2-3-4;3-2(4,5)1(6)7/h3-7,9H,2,8H2,1H3,(H2,17,23)(H3,18,19,20,21,22);2-4H2,1H3;(H,6,7). The van der Waals surface area contributed by atoms with E-state index in [0.29, 0.717) is 11.5 Å². The van der Waals surface area contributed by atoms with Crippen molar-refractivity contribution >= 4 is 40.4 Å². The Labute approximate surface area is 194 Å². The van der Waals surface area contributed by atoms with Crippen molar-refractivity contribution in [1.82, 2.24) is 15.0 Å². The number of rotatable bonds is 7. The predicted octanol–water partition coefficient (Wildman–Crippen LogP) is 3.61. The number of nitrogens with two attached hydrogens (primary N) is 2. The summed E-state index contributed by atoms with van der Waals surface area (Å²) < 4.78 is 31.7. The molecule has 0 bridgehead atoms. The van der Waals surface area contributed by atoms with Crippen LogP contribution in [-0.2, 0) is 4.79 Å². The normalized spacial score (nSPS) is 10.4. The molecule has 3 rings (SSSR count). The van der Waals surface area contributed by atoms with Crippen molar-refractivity contribution in [1.29, 1.82) is 0 Å². The van der Waals surface area contributed by atoms with Crippen LogP contribution in [0.5, 0.6) is 0 Å². The van der Waals surface area contributed by atoms with Gasteiger partial charge in [0.1, 0.15) is 11.5 Å². The van der Waals surface area contributed by atoms with Crippen LogP contribution in [0.15, 0.2) is 36.5 Å². The number of alkyl halides is 3. The van der Waals surface area contributed by atoms with Crippen molar-refractivity contribution in [2.45, 2.75) is 32.9 Å². The van der Waals surface area contributed by atoms with E-state index in [0.717, 1.165) is 48.5 Å². The molecule has 186 valence electrons. The number of nitrogens with zero attached hydrogens (tertiary/aromatic N) is 2. The van der Waals surface area contributed by atoms with E-state index in [-0.39, 0.29) is 0 Å². The number of amides is 1. The molecule has 0 aliphatic heterocycles. The number of carboxylic acids is 1. The van der Waals surface area contributed by atoms with Crippen LogP contribution in [0.25, 0.3) is 11.0 Å². The number of halogens is 3. The third-order valence-electron chi connectivity index (χ3n) is 3.91. The van der Waals surface area contributed by atoms with Gasteiger partial charge in [-0.2, -0.15) is 23.1 Å². The van der Waals surface area contributed by atoms with Gasteiger partial charge in [-0.15, -0.1) is 0 Å². The summed E-state index contributed by atoms with van der Waals surface area (Å²) in [4.78, 5) is 32.1. The van der Waals surface area contributed by atoms with E-state index >= 15 is 0 Å². The Morgan fingerprint density at radius 3 is 2.15 bits per heavy atom. The maximum atomic E-state index is 11.1. The SMILES string of the molecule is CCCN.CCCNc1nc(Nc2ccc(C(N)=O)cc2)nc2[nH]ccc12.O=C(O)C(F)(F)F. The van der Waals surface area contributed by atoms with Crippen LogP contribution in [0.1, 0.15) is 37.0 Å². The lowest BCUT2D eigenvalue weighted by molar-refractivity contribution is -0.192. The first-order valence-electron chi connectivity index (χ1n) is 10.3. The highest BCUT2D eigenvalue weighted by molar-refractivity contribution is 5.93. The molecule has 0 aliphatic carbocycles. The van der Waals surface area contributed by atoms with Gasteiger partial charge in [-0.25, -0.2) is 4.79 Å². The number of aliphatic carboxylic acids is 1. The number of fused-ring (bicyclic) bond motifs is 1. The third-order valence-corrected chi connectivity index (χ3v) is 3.91. The Balaban J connectivity index is 0.000000441. The number of carbonyl (C=O) groups is 2. The second-order valence-corrected chi connectivity index (χ2v) is 6.72. The largest absolute Gasteiger partial charge is 0.490 e. The Kier molecular flexibility index (Phi) is 11.3. The van der Waals surface area contributed by atoms with Gasteiger partial charge in [0, 0.05) is 24.0 Å². The number of carbonyl (C=O) groups excluding carboxylic acids is 1. The average Bonchev–Trinajstić information content (AvgIpc) is 3.26. The quantitative estimate of drug-likeness (QED) is 0.296. The lowest BCUT2D eigenvalue weighted by Crippen LogP contribution is -2.21. The summed E-state index contributed by atoms with van der Waals surface area (Å²) in [6.45, 7) is 5.81. The van der Waals surface area contributed by atoms with Crippen molar-refractivity contribution in [3.8, 4) is 0 Å². The fourth-order valence-corrected chi connectivity index (χ4v) is 2.22. The van der Waals surface area contributed by atoms with Gasteiger partial charge in [0.25, 0.3) is 0 Å². The van der Waals surface area contributed by atoms with Crippen molar-refractivity contribution in [3.63, 3.8) is 0 Å². The molecule has 0 saturated carbocycles. The molecule has 34 heavy (non-hydrogen) atoms. The van der Waals surface area contributed by atoms with E-state index in [2.05, 4.69) is 39.4 Å². The van der Waals surface area contributed by atoms with Gasteiger partial charge in [0.15, 0.2) is 0 Å². The lowest BCUT2D eigenvalue weighted by Gasteiger charge is -2.09. The molecule has 13 heteroatoms. The molecule has 0 spiro atoms. The molecule has 2 aromatic heterocycles. The molecule has 1 aromatic carbocycles. The van der Waals surface area contributed by atoms with Crippen molar-refractivity contribution in [2.75, 3.05) is 23.7 Å². The maximum absolute atomic E-state index is 11.1. The monoisotopic (exact) mass is 483 g/mol. The zero-order chi connectivity index (χ0) is 25.7. The number of primary amides is 1. The molecule has 0 radical (unpaired) electrons. The second-order valence-electron chi connectivity index (χ2n) is 6.72. The minimum absolute atomic E-state index is 0.452. The lowest BCUT2D eigenvalue weighted by atomic mass is 10.2. The van der Waals surface area contributed by atoms with Gasteiger partial charge < -0.3 is 32.2 Å². The second kappa shape index (κ2) is 13.6. The molecule has 0 unspecified atom stereocenters. The fraction of sp³-hybridized carbons (Fsp3) is 0.333. The van der Waals surface area contributed by atoms with Gasteiger partial charge >= 0.3 is 12.1 Å². The molecule has 0 atom stereocenters. The molecule has 2 heterocycles. The highest BCUT2D eigenvalue weighted by Gasteiger charge is 2.38. The summed E-state index contributed by atoms with van der Waals surface area (Å²) in [7, 11) is 0. The van der Waals surface area contributed by atoms with Crippen LogP contribution in [-0.4, -0.2) is 51.2 Å². The van der Waals surface area contributed by atoms with Gasteiger partial charge in [0.2, 0.25) is 11.9 Å². The van der Waals surface area contributed by atoms with E-state index in [1.807, 2.05) is 12.3 Å². The van der Waals surface area contributed by atoms with Gasteiger partial charge in [0.05, 0.1) is 5.39 Å². The fourth-order valence-electron chi connectivity index (χ4n) is 2.22. The van der Waals surface area contributed by atoms with Crippen molar-refractivity contribution in [3.05, 3.63) is 42.1 Å². The van der Waals surface area contributed by atoms with E-state index in [1.54, 1.807) is 24.3 Å². The average molecular weight is 483 g/mol. The van der Waals surface area contributed by atoms with E-state index in [4.69, 9.17) is 21.4 Å². The first kappa shape index (κ1) is 28.2. The number of anilines is 3. The van der Waals surface area contributed by atoms with Crippen LogP contribution in [0, 0.1) is 0 Å². The number of hydrogen-bond donors (Lipinski definition) is 6. The molecule has 1 amide bonds. The van der Waals surface area contributed by atoms with Crippen LogP contribution in [0.3, 0.4) is 0 Å². The molecule has 3 aromatic rings. The minimum Gasteiger partial charge on any atom is -0.475 e. The molecular weight excluding hydrogens is 455 g/mol. The number of aromatic amines is 1. The van der Waals surface area contributed by atoms with Gasteiger partial charge in [-0.05, 0) is 49.7 Å². The zero-order valence-electron chi connectivity index (χ0n) is 18.7. The third kappa shape index (κ3) is 9.32. The van der Waals surface area contributed by atoms with Crippen molar-refractivity contribution < 1.29 is 27.9 Å². The highest BCUT2D eigenvalue weighted by atomic mass is 19.4. The van der Waals surface area contributed by atoms with Crippen LogP contribution < -0.4 is 22.1 Å². The maximum Gasteiger partial charge on any atom is 0.490 e. The number of hydrogen-bond acceptors (Lipinski definition) is 7. The van der Waals surface area contributed by atoms with Gasteiger partial charge in [-0.3, -0.25) is 4.79 Å². The summed E-state index contributed by atoms with van der Waals surface area (Å²) in [6, 6.07) is 8.80. The van der Waals surface area contributed by atoms with Gasteiger partial charge in [-0.1, -0.05) is 13.8 Å². The Morgan fingerprint density at radius 1 is 1.09 bits per heavy atom. The predicted molar refractivity (Wildman–Crippen MR) is 124 cm³/mol. The smallest absolute Gasteiger partial charge is 0.475 e. The molecule has 8 N–H and O–H groups in total. The number of carboxylic acid groups (broad SMARTS) is 1. The van der Waals surface area contributed by atoms with Crippen LogP contribution in [0.4, 0.5) is 30.6 Å². The molecule has 0 aliphatic rings. The van der Waals surface area contributed by atoms with E-state index < -0.39 is 18.1 Å². The molecular formula is C21H28F3N7O3. The molecule has 0 fully saturated rings. The van der Waals surface area contributed by atoms with Crippen LogP contribution >= 0.6 is 0 Å². The number of H-pyrrole nitrogens is 1. The number of nitrogens with one attached hydrogen (secondary N) is 3. The number of aromatic nitrogens is 3. The summed E-state index contributed by atoms with van der Waals surface area (Å²) >= 11 is 0. The Morgan fingerprint density at radius 2 is 1.68 bits per heavy atom. The van der Waals surface area contributed by atoms with Crippen molar-refractivity contribution in [2.24, 2.45) is 11.5 Å². The first-order chi connectivity index (χ1) is 16.0. The number of benzene rings is 1. The first-order valence-corrected chi connectivity index (χ1v) is 10.3. The zero-order valence-corrected chi connectivity index (χ0v) is 18.7. The Hall–Kier alpha value is -3.87. The summed E-state index contributed by atoms with van der Waals surface area (Å²) in [5, 5.41) is 14.5. The van der Waals surface area contributed by atoms with E-state index in [9.17, 15) is 18.0 Å². The van der Waals surface area contributed by atoms with E-state index in [1.165, 1.54) is 0 Å². The Bertz CT molecular complexity index is 1050. The minimum atomic E-state index is -5.08. The molecule has 0 saturated heterocycles. The van der Waals surface area contributed by atoms with Crippen LogP contribution in [0.2, 0.25) is 0 Å². The summed E-state index contributed by atoms with van der Waals surface area (Å²) in [6.07, 6.45) is -1.14. The highest BCUT2D eigenvalue weighted by Crippen LogP contribution is 2.23. The molecule has 10 nitrogen and oxygen atoms in total. The topological polar surface area (TPSA) is 172 Å².